The number of aromatic nitrogens is 2. The minimum Gasteiger partial charge on any atom is -0.497 e. The molecule has 0 amide bonds. The van der Waals surface area contributed by atoms with Crippen LogP contribution in [0.2, 0.25) is 0 Å². The first-order chi connectivity index (χ1) is 12.1. The number of hydrogen-bond donors (Lipinski definition) is 2. The first-order valence-electron chi connectivity index (χ1n) is 7.65. The van der Waals surface area contributed by atoms with Gasteiger partial charge in [-0.1, -0.05) is 6.07 Å². The summed E-state index contributed by atoms with van der Waals surface area (Å²) >= 11 is 0. The quantitative estimate of drug-likeness (QED) is 0.734. The molecule has 0 atom stereocenters. The van der Waals surface area contributed by atoms with Crippen LogP contribution in [0.5, 0.6) is 17.2 Å². The minimum absolute atomic E-state index is 0.359. The number of anilines is 2. The highest BCUT2D eigenvalue weighted by atomic mass is 16.5. The van der Waals surface area contributed by atoms with Crippen LogP contribution in [-0.4, -0.2) is 31.3 Å². The lowest BCUT2D eigenvalue weighted by atomic mass is 10.0. The Morgan fingerprint density at radius 3 is 2.40 bits per heavy atom. The number of benzene rings is 1. The Bertz CT molecular complexity index is 928. The van der Waals surface area contributed by atoms with Gasteiger partial charge in [0.25, 0.3) is 0 Å². The van der Waals surface area contributed by atoms with Crippen molar-refractivity contribution in [2.45, 2.75) is 6.42 Å². The zero-order valence-corrected chi connectivity index (χ0v) is 14.4. The Kier molecular flexibility index (Phi) is 4.47. The van der Waals surface area contributed by atoms with Gasteiger partial charge in [0.2, 0.25) is 0 Å². The van der Waals surface area contributed by atoms with Gasteiger partial charge in [-0.15, -0.1) is 0 Å². The number of fused-ring (bicyclic) bond motifs is 1. The van der Waals surface area contributed by atoms with E-state index in [4.69, 9.17) is 25.7 Å². The summed E-state index contributed by atoms with van der Waals surface area (Å²) in [6.45, 7) is 0. The lowest BCUT2D eigenvalue weighted by Gasteiger charge is -2.14. The van der Waals surface area contributed by atoms with Crippen molar-refractivity contribution in [1.82, 2.24) is 9.97 Å². The maximum absolute atomic E-state index is 6.32. The molecule has 1 aromatic carbocycles. The van der Waals surface area contributed by atoms with Crippen molar-refractivity contribution < 1.29 is 14.2 Å². The first kappa shape index (κ1) is 16.6. The summed E-state index contributed by atoms with van der Waals surface area (Å²) in [5.74, 6) is 2.37. The molecular formula is C18H20N4O3. The molecule has 0 aliphatic rings. The highest BCUT2D eigenvalue weighted by Gasteiger charge is 2.15. The molecule has 25 heavy (non-hydrogen) atoms. The summed E-state index contributed by atoms with van der Waals surface area (Å²) in [5, 5.41) is 0. The zero-order chi connectivity index (χ0) is 18.0. The van der Waals surface area contributed by atoms with Gasteiger partial charge < -0.3 is 25.7 Å². The fourth-order valence-electron chi connectivity index (χ4n) is 2.69. The largest absolute Gasteiger partial charge is 0.497 e. The Hall–Kier alpha value is -3.22. The highest BCUT2D eigenvalue weighted by Crippen LogP contribution is 2.33. The lowest BCUT2D eigenvalue weighted by Crippen LogP contribution is -2.06. The Balaban J connectivity index is 2.07. The van der Waals surface area contributed by atoms with Crippen LogP contribution in [0, 0.1) is 0 Å². The Morgan fingerprint density at radius 1 is 0.960 bits per heavy atom. The molecule has 0 aliphatic heterocycles. The van der Waals surface area contributed by atoms with Crippen molar-refractivity contribution in [2.24, 2.45) is 0 Å². The van der Waals surface area contributed by atoms with Gasteiger partial charge in [-0.25, -0.2) is 9.97 Å². The van der Waals surface area contributed by atoms with E-state index in [1.165, 1.54) is 0 Å². The molecule has 0 saturated carbocycles. The number of nitrogens with two attached hydrogens (primary N) is 2. The van der Waals surface area contributed by atoms with E-state index >= 15 is 0 Å². The number of hydrogen-bond acceptors (Lipinski definition) is 7. The molecule has 0 spiro atoms. The monoisotopic (exact) mass is 340 g/mol. The Labute approximate surface area is 145 Å². The van der Waals surface area contributed by atoms with Gasteiger partial charge in [-0.3, -0.25) is 0 Å². The van der Waals surface area contributed by atoms with Gasteiger partial charge >= 0.3 is 0 Å². The maximum atomic E-state index is 6.32. The summed E-state index contributed by atoms with van der Waals surface area (Å²) < 4.78 is 15.8. The van der Waals surface area contributed by atoms with Crippen LogP contribution in [0.3, 0.4) is 0 Å². The summed E-state index contributed by atoms with van der Waals surface area (Å²) in [4.78, 5) is 8.77. The van der Waals surface area contributed by atoms with E-state index in [9.17, 15) is 0 Å². The molecule has 130 valence electrons. The highest BCUT2D eigenvalue weighted by molar-refractivity contribution is 5.91. The molecule has 7 nitrogen and oxygen atoms in total. The van der Waals surface area contributed by atoms with E-state index in [-0.39, 0.29) is 0 Å². The predicted octanol–water partition coefficient (Wildman–Crippen LogP) is 2.41. The molecule has 0 saturated heterocycles. The molecule has 0 radical (unpaired) electrons. The number of nitrogen functional groups attached to an aromatic ring is 2. The SMILES string of the molecule is COc1ccc(Cc2c(N)nc3cc(OC)cnc3c2N)c(OC)c1. The fourth-order valence-corrected chi connectivity index (χ4v) is 2.69. The molecule has 0 unspecified atom stereocenters. The standard InChI is InChI=1S/C18H20N4O3/c1-23-11-5-4-10(15(8-11)25-3)6-13-16(19)17-14(22-18(13)20)7-12(24-2)9-21-17/h4-5,7-9H,6H2,1-3H3,(H4,19,20,22). The van der Waals surface area contributed by atoms with E-state index in [1.54, 1.807) is 33.6 Å². The van der Waals surface area contributed by atoms with Gasteiger partial charge in [-0.05, 0) is 11.6 Å². The molecule has 2 heterocycles. The number of rotatable bonds is 5. The second-order valence-electron chi connectivity index (χ2n) is 5.49. The Morgan fingerprint density at radius 2 is 1.72 bits per heavy atom. The van der Waals surface area contributed by atoms with Crippen LogP contribution >= 0.6 is 0 Å². The van der Waals surface area contributed by atoms with Crippen LogP contribution in [0.25, 0.3) is 11.0 Å². The van der Waals surface area contributed by atoms with Crippen molar-refractivity contribution in [1.29, 1.82) is 0 Å². The third kappa shape index (κ3) is 3.08. The second-order valence-corrected chi connectivity index (χ2v) is 5.49. The zero-order valence-electron chi connectivity index (χ0n) is 14.4. The third-order valence-electron chi connectivity index (χ3n) is 4.07. The van der Waals surface area contributed by atoms with Gasteiger partial charge in [0.05, 0.1) is 38.7 Å². The molecule has 3 aromatic rings. The number of nitrogens with zero attached hydrogens (tertiary/aromatic N) is 2. The number of ether oxygens (including phenoxy) is 3. The second kappa shape index (κ2) is 6.72. The normalized spacial score (nSPS) is 10.7. The van der Waals surface area contributed by atoms with Gasteiger partial charge in [-0.2, -0.15) is 0 Å². The van der Waals surface area contributed by atoms with E-state index in [1.807, 2.05) is 18.2 Å². The average Bonchev–Trinajstić information content (AvgIpc) is 2.64. The molecule has 4 N–H and O–H groups in total. The maximum Gasteiger partial charge on any atom is 0.139 e. The molecule has 7 heteroatoms. The van der Waals surface area contributed by atoms with Crippen LogP contribution < -0.4 is 25.7 Å². The number of pyridine rings is 2. The van der Waals surface area contributed by atoms with Crippen molar-refractivity contribution in [3.8, 4) is 17.2 Å². The van der Waals surface area contributed by atoms with Crippen LogP contribution in [0.15, 0.2) is 30.5 Å². The summed E-state index contributed by atoms with van der Waals surface area (Å²) in [7, 11) is 4.79. The predicted molar refractivity (Wildman–Crippen MR) is 97.3 cm³/mol. The van der Waals surface area contributed by atoms with Crippen LogP contribution in [0.4, 0.5) is 11.5 Å². The molecule has 3 rings (SSSR count). The summed E-state index contributed by atoms with van der Waals surface area (Å²) in [6.07, 6.45) is 2.08. The van der Waals surface area contributed by atoms with Crippen molar-refractivity contribution in [3.05, 3.63) is 41.6 Å². The van der Waals surface area contributed by atoms with Gasteiger partial charge in [0.15, 0.2) is 0 Å². The molecular weight excluding hydrogens is 320 g/mol. The van der Waals surface area contributed by atoms with E-state index in [0.717, 1.165) is 5.56 Å². The smallest absolute Gasteiger partial charge is 0.139 e. The van der Waals surface area contributed by atoms with Gasteiger partial charge in [0.1, 0.15) is 28.6 Å². The topological polar surface area (TPSA) is 106 Å². The van der Waals surface area contributed by atoms with Crippen LogP contribution in [-0.2, 0) is 6.42 Å². The number of methoxy groups -OCH3 is 3. The first-order valence-corrected chi connectivity index (χ1v) is 7.65. The molecule has 0 fully saturated rings. The van der Waals surface area contributed by atoms with E-state index in [0.29, 0.717) is 51.8 Å². The van der Waals surface area contributed by atoms with Crippen molar-refractivity contribution in [3.63, 3.8) is 0 Å². The van der Waals surface area contributed by atoms with Crippen molar-refractivity contribution >= 4 is 22.5 Å². The lowest BCUT2D eigenvalue weighted by molar-refractivity contribution is 0.391. The van der Waals surface area contributed by atoms with E-state index in [2.05, 4.69) is 9.97 Å². The minimum atomic E-state index is 0.359. The summed E-state index contributed by atoms with van der Waals surface area (Å²) in [5.41, 5.74) is 15.8. The van der Waals surface area contributed by atoms with Crippen LogP contribution in [0.1, 0.15) is 11.1 Å². The molecule has 0 aliphatic carbocycles. The molecule has 2 aromatic heterocycles. The molecule has 0 bridgehead atoms. The summed E-state index contributed by atoms with van der Waals surface area (Å²) in [6, 6.07) is 7.36. The average molecular weight is 340 g/mol. The fraction of sp³-hybridized carbons (Fsp3) is 0.222. The van der Waals surface area contributed by atoms with Crippen molar-refractivity contribution in [2.75, 3.05) is 32.8 Å². The van der Waals surface area contributed by atoms with Gasteiger partial charge in [0, 0.05) is 24.1 Å². The third-order valence-corrected chi connectivity index (χ3v) is 4.07. The van der Waals surface area contributed by atoms with E-state index < -0.39 is 0 Å².